The predicted octanol–water partition coefficient (Wildman–Crippen LogP) is 2.08. The molecule has 0 unspecified atom stereocenters. The molecule has 0 spiro atoms. The number of nitrogens with zero attached hydrogens (tertiary/aromatic N) is 2. The van der Waals surface area contributed by atoms with E-state index in [9.17, 15) is 0 Å². The van der Waals surface area contributed by atoms with Gasteiger partial charge in [-0.25, -0.2) is 5.53 Å². The van der Waals surface area contributed by atoms with Gasteiger partial charge >= 0.3 is 0 Å². The normalized spacial score (nSPS) is 11.1. The van der Waals surface area contributed by atoms with Crippen LogP contribution in [0.3, 0.4) is 0 Å². The summed E-state index contributed by atoms with van der Waals surface area (Å²) in [6.07, 6.45) is 1.29. The predicted molar refractivity (Wildman–Crippen MR) is 33.7 cm³/mol. The van der Waals surface area contributed by atoms with Crippen LogP contribution in [0.5, 0.6) is 0 Å². The first-order chi connectivity index (χ1) is 4.22. The third-order valence-corrected chi connectivity index (χ3v) is 0.933. The molecule has 0 radical (unpaired) electrons. The summed E-state index contributed by atoms with van der Waals surface area (Å²) in [5.74, 6) is 0.169. The lowest BCUT2D eigenvalue weighted by molar-refractivity contribution is 0.733. The molecular weight excluding hydrogens is 114 g/mol. The molecule has 0 heterocycles. The van der Waals surface area contributed by atoms with Gasteiger partial charge in [0.25, 0.3) is 0 Å². The van der Waals surface area contributed by atoms with Crippen LogP contribution in [-0.2, 0) is 0 Å². The van der Waals surface area contributed by atoms with E-state index in [-0.39, 0.29) is 5.92 Å². The molecule has 0 aliphatic carbocycles. The number of hydrogen-bond acceptors (Lipinski definition) is 3. The van der Waals surface area contributed by atoms with Crippen molar-refractivity contribution in [3.8, 4) is 6.07 Å². The first kappa shape index (κ1) is 7.83. The van der Waals surface area contributed by atoms with Gasteiger partial charge in [-0.2, -0.15) is 10.4 Å². The maximum Gasteiger partial charge on any atom is 0.0931 e. The molecule has 0 aromatic rings. The molecule has 48 valence electrons. The van der Waals surface area contributed by atoms with E-state index >= 15 is 0 Å². The Morgan fingerprint density at radius 1 is 1.78 bits per heavy atom. The lowest BCUT2D eigenvalue weighted by atomic mass is 10.1. The Bertz CT molecular complexity index is 162. The number of hydrogen-bond donors (Lipinski definition) is 1. The van der Waals surface area contributed by atoms with Crippen molar-refractivity contribution in [2.45, 2.75) is 13.8 Å². The van der Waals surface area contributed by atoms with Gasteiger partial charge in [0.2, 0.25) is 0 Å². The molecule has 0 aliphatic heterocycles. The summed E-state index contributed by atoms with van der Waals surface area (Å²) in [6.45, 7) is 3.78. The van der Waals surface area contributed by atoms with E-state index in [1.165, 1.54) is 6.08 Å². The van der Waals surface area contributed by atoms with Gasteiger partial charge in [0.05, 0.1) is 11.8 Å². The first-order valence-corrected chi connectivity index (χ1v) is 2.69. The maximum atomic E-state index is 8.15. The molecule has 1 N–H and O–H groups in total. The van der Waals surface area contributed by atoms with Crippen molar-refractivity contribution in [3.05, 3.63) is 11.8 Å². The van der Waals surface area contributed by atoms with Crippen LogP contribution in [0.2, 0.25) is 0 Å². The second-order valence-electron chi connectivity index (χ2n) is 1.96. The Balaban J connectivity index is 4.19. The van der Waals surface area contributed by atoms with Crippen LogP contribution in [0, 0.1) is 22.8 Å². The second kappa shape index (κ2) is 3.79. The summed E-state index contributed by atoms with van der Waals surface area (Å²) in [5, 5.41) is 11.3. The van der Waals surface area contributed by atoms with E-state index in [4.69, 9.17) is 10.8 Å². The van der Waals surface area contributed by atoms with Gasteiger partial charge < -0.3 is 0 Å². The fraction of sp³-hybridized carbons (Fsp3) is 0.500. The fourth-order valence-electron chi connectivity index (χ4n) is 0.394. The molecule has 0 aliphatic rings. The van der Waals surface area contributed by atoms with E-state index in [0.717, 1.165) is 0 Å². The van der Waals surface area contributed by atoms with E-state index in [0.29, 0.717) is 5.70 Å². The summed E-state index contributed by atoms with van der Waals surface area (Å²) in [6, 6.07) is 1.82. The molecule has 0 saturated carbocycles. The molecule has 0 saturated heterocycles. The van der Waals surface area contributed by atoms with Crippen molar-refractivity contribution in [2.24, 2.45) is 11.0 Å². The Morgan fingerprint density at radius 2 is 2.33 bits per heavy atom. The number of nitrogens with one attached hydrogen (secondary N) is 1. The molecular formula is C6H9N3. The van der Waals surface area contributed by atoms with E-state index < -0.39 is 0 Å². The molecule has 0 rings (SSSR count). The molecule has 3 heteroatoms. The quantitative estimate of drug-likeness (QED) is 0.443. The van der Waals surface area contributed by atoms with Gasteiger partial charge in [-0.1, -0.05) is 13.8 Å². The third-order valence-electron chi connectivity index (χ3n) is 0.933. The average molecular weight is 123 g/mol. The molecule has 0 amide bonds. The van der Waals surface area contributed by atoms with Gasteiger partial charge in [0.15, 0.2) is 0 Å². The van der Waals surface area contributed by atoms with Crippen LogP contribution in [0.1, 0.15) is 13.8 Å². The minimum Gasteiger partial charge on any atom is -0.205 e. The van der Waals surface area contributed by atoms with Crippen LogP contribution in [0.25, 0.3) is 0 Å². The van der Waals surface area contributed by atoms with Crippen LogP contribution in [0.15, 0.2) is 16.9 Å². The number of rotatable bonds is 2. The van der Waals surface area contributed by atoms with Crippen molar-refractivity contribution in [1.29, 1.82) is 10.8 Å². The molecule has 0 bridgehead atoms. The highest BCUT2D eigenvalue weighted by Crippen LogP contribution is 2.08. The standard InChI is InChI=1S/C6H9N3/c1-5(2)6(9-8)3-4-7/h3,5,8H,1-2H3/b6-3-,9-8?. The molecule has 0 fully saturated rings. The van der Waals surface area contributed by atoms with E-state index in [1.54, 1.807) is 0 Å². The van der Waals surface area contributed by atoms with Crippen LogP contribution < -0.4 is 0 Å². The van der Waals surface area contributed by atoms with Gasteiger partial charge in [-0.05, 0) is 5.92 Å². The topological polar surface area (TPSA) is 60.0 Å². The van der Waals surface area contributed by atoms with Gasteiger partial charge in [-0.15, -0.1) is 0 Å². The lowest BCUT2D eigenvalue weighted by Gasteiger charge is -1.98. The monoisotopic (exact) mass is 123 g/mol. The Kier molecular flexibility index (Phi) is 3.29. The molecule has 0 aromatic carbocycles. The van der Waals surface area contributed by atoms with Crippen LogP contribution in [-0.4, -0.2) is 0 Å². The Hall–Kier alpha value is -1.17. The first-order valence-electron chi connectivity index (χ1n) is 2.69. The average Bonchev–Trinajstić information content (AvgIpc) is 1.82. The minimum absolute atomic E-state index is 0.169. The SMILES string of the molecule is CC(C)/C(=C/C#N)N=N. The summed E-state index contributed by atoms with van der Waals surface area (Å²) < 4.78 is 0. The second-order valence-corrected chi connectivity index (χ2v) is 1.96. The zero-order valence-corrected chi connectivity index (χ0v) is 5.55. The summed E-state index contributed by atoms with van der Waals surface area (Å²) in [5.41, 5.74) is 7.12. The van der Waals surface area contributed by atoms with Crippen LogP contribution >= 0.6 is 0 Å². The highest BCUT2D eigenvalue weighted by Gasteiger charge is 1.98. The number of allylic oxidation sites excluding steroid dienone is 2. The lowest BCUT2D eigenvalue weighted by Crippen LogP contribution is -1.87. The highest BCUT2D eigenvalue weighted by molar-refractivity contribution is 5.12. The fourth-order valence-corrected chi connectivity index (χ4v) is 0.394. The molecule has 9 heavy (non-hydrogen) atoms. The maximum absolute atomic E-state index is 8.15. The Labute approximate surface area is 54.5 Å². The van der Waals surface area contributed by atoms with Crippen molar-refractivity contribution in [1.82, 2.24) is 0 Å². The highest BCUT2D eigenvalue weighted by atomic mass is 15.0. The minimum atomic E-state index is 0.169. The molecule has 0 aromatic heterocycles. The zero-order valence-electron chi connectivity index (χ0n) is 5.55. The van der Waals surface area contributed by atoms with E-state index in [2.05, 4.69) is 5.11 Å². The molecule has 0 atom stereocenters. The largest absolute Gasteiger partial charge is 0.205 e. The van der Waals surface area contributed by atoms with Crippen molar-refractivity contribution in [2.75, 3.05) is 0 Å². The zero-order chi connectivity index (χ0) is 7.28. The van der Waals surface area contributed by atoms with Crippen molar-refractivity contribution < 1.29 is 0 Å². The summed E-state index contributed by atoms with van der Waals surface area (Å²) in [7, 11) is 0. The van der Waals surface area contributed by atoms with Crippen molar-refractivity contribution >= 4 is 0 Å². The summed E-state index contributed by atoms with van der Waals surface area (Å²) >= 11 is 0. The number of nitriles is 1. The van der Waals surface area contributed by atoms with Gasteiger partial charge in [0, 0.05) is 6.08 Å². The van der Waals surface area contributed by atoms with Gasteiger partial charge in [-0.3, -0.25) is 0 Å². The Morgan fingerprint density at radius 3 is 2.44 bits per heavy atom. The van der Waals surface area contributed by atoms with Crippen LogP contribution in [0.4, 0.5) is 0 Å². The third kappa shape index (κ3) is 2.60. The summed E-state index contributed by atoms with van der Waals surface area (Å²) in [4.78, 5) is 0. The molecule has 3 nitrogen and oxygen atoms in total. The van der Waals surface area contributed by atoms with Gasteiger partial charge in [0.1, 0.15) is 0 Å². The van der Waals surface area contributed by atoms with Crippen molar-refractivity contribution in [3.63, 3.8) is 0 Å². The van der Waals surface area contributed by atoms with E-state index in [1.807, 2.05) is 19.9 Å². The smallest absolute Gasteiger partial charge is 0.0931 e.